The number of hydrogen-bond acceptors (Lipinski definition) is 4. The van der Waals surface area contributed by atoms with E-state index in [2.05, 4.69) is 35.0 Å². The summed E-state index contributed by atoms with van der Waals surface area (Å²) in [5, 5.41) is 10.8. The number of hydrogen-bond donors (Lipinski definition) is 0. The van der Waals surface area contributed by atoms with Gasteiger partial charge in [0.2, 0.25) is 0 Å². The predicted molar refractivity (Wildman–Crippen MR) is 93.0 cm³/mol. The van der Waals surface area contributed by atoms with Crippen molar-refractivity contribution in [2.45, 2.75) is 19.8 Å². The molecule has 2 aromatic carbocycles. The molecule has 0 spiro atoms. The van der Waals surface area contributed by atoms with Crippen LogP contribution in [0, 0.1) is 17.0 Å². The lowest BCUT2D eigenvalue weighted by Crippen LogP contribution is -2.17. The van der Waals surface area contributed by atoms with Crippen molar-refractivity contribution in [3.63, 3.8) is 0 Å². The number of nitrogens with zero attached hydrogens (tertiary/aromatic N) is 3. The summed E-state index contributed by atoms with van der Waals surface area (Å²) in [4.78, 5) is 17.1. The quantitative estimate of drug-likeness (QED) is 0.482. The minimum absolute atomic E-state index is 0.0563. The lowest BCUT2D eigenvalue weighted by atomic mass is 10.1. The highest BCUT2D eigenvalue weighted by atomic mass is 16.6. The van der Waals surface area contributed by atoms with E-state index >= 15 is 0 Å². The molecule has 1 aliphatic rings. The molecule has 1 aliphatic heterocycles. The monoisotopic (exact) mass is 309 g/mol. The van der Waals surface area contributed by atoms with E-state index in [4.69, 9.17) is 0 Å². The molecule has 2 aromatic rings. The van der Waals surface area contributed by atoms with Crippen molar-refractivity contribution in [2.24, 2.45) is 4.99 Å². The van der Waals surface area contributed by atoms with Gasteiger partial charge in [-0.05, 0) is 49.1 Å². The second-order valence-electron chi connectivity index (χ2n) is 5.77. The van der Waals surface area contributed by atoms with E-state index in [1.54, 1.807) is 18.3 Å². The summed E-state index contributed by atoms with van der Waals surface area (Å²) in [5.41, 5.74) is 4.08. The molecule has 1 heterocycles. The number of benzene rings is 2. The Kier molecular flexibility index (Phi) is 4.37. The van der Waals surface area contributed by atoms with Crippen LogP contribution in [0.15, 0.2) is 47.5 Å². The van der Waals surface area contributed by atoms with E-state index in [0.29, 0.717) is 5.69 Å². The minimum atomic E-state index is -0.408. The number of nitro groups is 1. The molecule has 1 saturated heterocycles. The Labute approximate surface area is 135 Å². The van der Waals surface area contributed by atoms with Crippen molar-refractivity contribution in [3.8, 4) is 0 Å². The number of non-ortho nitro benzene ring substituents is 1. The van der Waals surface area contributed by atoms with Crippen LogP contribution in [0.5, 0.6) is 0 Å². The molecule has 3 rings (SSSR count). The molecule has 0 bridgehead atoms. The SMILES string of the molecule is Cc1cc(N2CCCC2)ccc1C=Nc1cccc([N+](=O)[O-])c1. The molecule has 23 heavy (non-hydrogen) atoms. The zero-order valence-electron chi connectivity index (χ0n) is 13.1. The van der Waals surface area contributed by atoms with Crippen molar-refractivity contribution in [2.75, 3.05) is 18.0 Å². The Hall–Kier alpha value is -2.69. The van der Waals surface area contributed by atoms with Gasteiger partial charge in [0.1, 0.15) is 0 Å². The first-order valence-corrected chi connectivity index (χ1v) is 7.77. The van der Waals surface area contributed by atoms with Gasteiger partial charge in [0.25, 0.3) is 5.69 Å². The van der Waals surface area contributed by atoms with E-state index < -0.39 is 4.92 Å². The van der Waals surface area contributed by atoms with E-state index in [9.17, 15) is 10.1 Å². The van der Waals surface area contributed by atoms with Gasteiger partial charge in [0.15, 0.2) is 0 Å². The average Bonchev–Trinajstić information content (AvgIpc) is 3.08. The fourth-order valence-electron chi connectivity index (χ4n) is 2.81. The molecule has 0 aliphatic carbocycles. The Morgan fingerprint density at radius 1 is 1.17 bits per heavy atom. The molecular weight excluding hydrogens is 290 g/mol. The van der Waals surface area contributed by atoms with Crippen LogP contribution in [0.25, 0.3) is 0 Å². The molecule has 1 fully saturated rings. The van der Waals surface area contributed by atoms with Gasteiger partial charge in [0, 0.05) is 37.1 Å². The van der Waals surface area contributed by atoms with Crippen LogP contribution in [0.1, 0.15) is 24.0 Å². The summed E-state index contributed by atoms with van der Waals surface area (Å²) in [6, 6.07) is 12.7. The topological polar surface area (TPSA) is 58.7 Å². The van der Waals surface area contributed by atoms with Crippen LogP contribution in [-0.4, -0.2) is 24.2 Å². The summed E-state index contributed by atoms with van der Waals surface area (Å²) in [6.45, 7) is 4.31. The normalized spacial score (nSPS) is 14.6. The van der Waals surface area contributed by atoms with Crippen LogP contribution >= 0.6 is 0 Å². The first kappa shape index (κ1) is 15.2. The van der Waals surface area contributed by atoms with Crippen molar-refractivity contribution in [1.29, 1.82) is 0 Å². The van der Waals surface area contributed by atoms with Gasteiger partial charge < -0.3 is 4.90 Å². The zero-order valence-corrected chi connectivity index (χ0v) is 13.1. The molecule has 0 N–H and O–H groups in total. The maximum atomic E-state index is 10.8. The largest absolute Gasteiger partial charge is 0.372 e. The Bertz CT molecular complexity index is 750. The number of rotatable bonds is 4. The first-order valence-electron chi connectivity index (χ1n) is 7.77. The van der Waals surface area contributed by atoms with Gasteiger partial charge in [-0.2, -0.15) is 0 Å². The lowest BCUT2D eigenvalue weighted by molar-refractivity contribution is -0.384. The third kappa shape index (κ3) is 3.56. The molecule has 5 nitrogen and oxygen atoms in total. The van der Waals surface area contributed by atoms with Crippen molar-refractivity contribution >= 4 is 23.3 Å². The number of anilines is 1. The number of nitro benzene ring substituents is 1. The maximum Gasteiger partial charge on any atom is 0.271 e. The van der Waals surface area contributed by atoms with Gasteiger partial charge in [-0.3, -0.25) is 15.1 Å². The highest BCUT2D eigenvalue weighted by molar-refractivity contribution is 5.84. The first-order chi connectivity index (χ1) is 11.1. The van der Waals surface area contributed by atoms with Gasteiger partial charge in [-0.15, -0.1) is 0 Å². The van der Waals surface area contributed by atoms with Crippen LogP contribution in [0.2, 0.25) is 0 Å². The van der Waals surface area contributed by atoms with Gasteiger partial charge in [-0.1, -0.05) is 12.1 Å². The molecule has 118 valence electrons. The summed E-state index contributed by atoms with van der Waals surface area (Å²) in [6.07, 6.45) is 4.28. The smallest absolute Gasteiger partial charge is 0.271 e. The highest BCUT2D eigenvalue weighted by Crippen LogP contribution is 2.23. The Morgan fingerprint density at radius 3 is 2.65 bits per heavy atom. The molecule has 5 heteroatoms. The minimum Gasteiger partial charge on any atom is -0.372 e. The Morgan fingerprint density at radius 2 is 1.96 bits per heavy atom. The summed E-state index contributed by atoms with van der Waals surface area (Å²) < 4.78 is 0. The van der Waals surface area contributed by atoms with E-state index in [0.717, 1.165) is 24.2 Å². The van der Waals surface area contributed by atoms with E-state index in [1.807, 2.05) is 0 Å². The van der Waals surface area contributed by atoms with Gasteiger partial charge in [0.05, 0.1) is 10.6 Å². The molecule has 0 atom stereocenters. The lowest BCUT2D eigenvalue weighted by Gasteiger charge is -2.18. The maximum absolute atomic E-state index is 10.8. The molecule has 0 saturated carbocycles. The summed E-state index contributed by atoms with van der Waals surface area (Å²) in [7, 11) is 0. The third-order valence-electron chi connectivity index (χ3n) is 4.12. The molecule has 0 unspecified atom stereocenters. The third-order valence-corrected chi connectivity index (χ3v) is 4.12. The summed E-state index contributed by atoms with van der Waals surface area (Å²) in [5.74, 6) is 0. The average molecular weight is 309 g/mol. The highest BCUT2D eigenvalue weighted by Gasteiger charge is 2.12. The van der Waals surface area contributed by atoms with Crippen LogP contribution in [0.3, 0.4) is 0 Å². The standard InChI is InChI=1S/C18H19N3O2/c1-14-11-17(20-9-2-3-10-20)8-7-15(14)13-19-16-5-4-6-18(12-16)21(22)23/h4-8,11-13H,2-3,9-10H2,1H3. The molecule has 0 amide bonds. The van der Waals surface area contributed by atoms with Crippen molar-refractivity contribution in [1.82, 2.24) is 0 Å². The second-order valence-corrected chi connectivity index (χ2v) is 5.77. The molecule has 0 radical (unpaired) electrons. The van der Waals surface area contributed by atoms with Crippen LogP contribution < -0.4 is 4.90 Å². The molecule has 0 aromatic heterocycles. The fourth-order valence-corrected chi connectivity index (χ4v) is 2.81. The second kappa shape index (κ2) is 6.60. The van der Waals surface area contributed by atoms with Crippen molar-refractivity contribution in [3.05, 3.63) is 63.7 Å². The van der Waals surface area contributed by atoms with Gasteiger partial charge >= 0.3 is 0 Å². The van der Waals surface area contributed by atoms with Gasteiger partial charge in [-0.25, -0.2) is 0 Å². The van der Waals surface area contributed by atoms with Crippen LogP contribution in [-0.2, 0) is 0 Å². The summed E-state index contributed by atoms with van der Waals surface area (Å²) >= 11 is 0. The number of aliphatic imine (C=N–C) groups is 1. The van der Waals surface area contributed by atoms with E-state index in [1.165, 1.54) is 30.7 Å². The van der Waals surface area contributed by atoms with Crippen LogP contribution in [0.4, 0.5) is 17.1 Å². The predicted octanol–water partition coefficient (Wildman–Crippen LogP) is 4.25. The fraction of sp³-hybridized carbons (Fsp3) is 0.278. The van der Waals surface area contributed by atoms with Crippen molar-refractivity contribution < 1.29 is 4.92 Å². The zero-order chi connectivity index (χ0) is 16.2. The Balaban J connectivity index is 1.79. The molecular formula is C18H19N3O2. The number of aryl methyl sites for hydroxylation is 1. The van der Waals surface area contributed by atoms with E-state index in [-0.39, 0.29) is 5.69 Å².